The van der Waals surface area contributed by atoms with Gasteiger partial charge >= 0.3 is 5.97 Å². The van der Waals surface area contributed by atoms with Gasteiger partial charge in [-0.25, -0.2) is 0 Å². The minimum absolute atomic E-state index is 0.0187. The second kappa shape index (κ2) is 72.8. The maximum Gasteiger partial charge on any atom is 0.305 e. The van der Waals surface area contributed by atoms with E-state index in [1.54, 1.807) is 6.08 Å². The Hall–Kier alpha value is -1.66. The number of esters is 1. The molecule has 0 bridgehead atoms. The van der Waals surface area contributed by atoms with Crippen LogP contribution in [0, 0.1) is 0 Å². The molecule has 0 saturated heterocycles. The summed E-state index contributed by atoms with van der Waals surface area (Å²) < 4.78 is 5.50. The number of rotatable bonds is 72. The van der Waals surface area contributed by atoms with Crippen molar-refractivity contribution in [2.45, 2.75) is 443 Å². The lowest BCUT2D eigenvalue weighted by Crippen LogP contribution is -2.45. The molecule has 0 aromatic rings. The number of carbonyl (C=O) groups is 2. The van der Waals surface area contributed by atoms with Crippen LogP contribution < -0.4 is 5.32 Å². The number of amides is 1. The number of aliphatic hydroxyl groups excluding tert-OH is 2. The van der Waals surface area contributed by atoms with Gasteiger partial charge in [-0.15, -0.1) is 0 Å². The Morgan fingerprint density at radius 2 is 0.566 bits per heavy atom. The third kappa shape index (κ3) is 69.3. The fraction of sp³-hybridized carbons (Fsp3) is 0.922. The Kier molecular flexibility index (Phi) is 71.4. The van der Waals surface area contributed by atoms with Crippen molar-refractivity contribution in [2.24, 2.45) is 0 Å². The second-order valence-corrected chi connectivity index (χ2v) is 26.3. The van der Waals surface area contributed by atoms with Crippen LogP contribution in [0.2, 0.25) is 0 Å². The lowest BCUT2D eigenvalue weighted by molar-refractivity contribution is -0.143. The normalized spacial score (nSPS) is 12.6. The van der Waals surface area contributed by atoms with Crippen LogP contribution in [0.4, 0.5) is 0 Å². The fourth-order valence-corrected chi connectivity index (χ4v) is 12.2. The van der Waals surface area contributed by atoms with Crippen LogP contribution >= 0.6 is 0 Å². The first-order valence-electron chi connectivity index (χ1n) is 38.1. The first-order chi connectivity index (χ1) is 41.0. The Morgan fingerprint density at radius 3 is 0.855 bits per heavy atom. The van der Waals surface area contributed by atoms with Crippen LogP contribution in [0.25, 0.3) is 0 Å². The SMILES string of the molecule is CCCCCCCCCCCCCCCCCCCCCCCC/C=C/C(O)C(CO)NC(=O)CCCCCCCCCCCCCC/C=C\CCCCCCCCCCCCCCOC(=O)CCCCCCCCCCCCCCCC. The van der Waals surface area contributed by atoms with E-state index in [1.165, 1.54) is 366 Å². The Morgan fingerprint density at radius 1 is 0.325 bits per heavy atom. The monoisotopic (exact) mass is 1170 g/mol. The Balaban J connectivity index is 3.40. The minimum Gasteiger partial charge on any atom is -0.466 e. The quantitative estimate of drug-likeness (QED) is 0.0320. The molecular formula is C77H149NO5. The predicted octanol–water partition coefficient (Wildman–Crippen LogP) is 24.9. The first kappa shape index (κ1) is 81.3. The average Bonchev–Trinajstić information content (AvgIpc) is 3.48. The van der Waals surface area contributed by atoms with Crippen molar-refractivity contribution < 1.29 is 24.5 Å². The lowest BCUT2D eigenvalue weighted by Gasteiger charge is -2.20. The number of carbonyl (C=O) groups excluding carboxylic acids is 2. The minimum atomic E-state index is -0.846. The number of ether oxygens (including phenoxy) is 1. The number of hydrogen-bond acceptors (Lipinski definition) is 5. The van der Waals surface area contributed by atoms with Crippen molar-refractivity contribution in [1.82, 2.24) is 5.32 Å². The highest BCUT2D eigenvalue weighted by Crippen LogP contribution is 2.19. The van der Waals surface area contributed by atoms with E-state index in [2.05, 4.69) is 31.3 Å². The standard InChI is InChI=1S/C77H149NO5/c1-3-5-7-9-11-13-15-17-19-20-21-22-23-30-33-36-39-42-45-49-53-57-61-65-69-75(80)74(73-79)78-76(81)70-66-62-58-54-50-46-43-40-37-34-31-28-26-24-25-27-29-32-35-38-41-44-48-52-56-60-64-68-72-83-77(82)71-67-63-59-55-51-47-18-16-14-12-10-8-6-4-2/h24-25,65,69,74-75,79-80H,3-23,26-64,66-68,70-73H2,1-2H3,(H,78,81)/b25-24-,69-65+. The van der Waals surface area contributed by atoms with Crippen LogP contribution in [-0.4, -0.2) is 47.4 Å². The van der Waals surface area contributed by atoms with Gasteiger partial charge in [0, 0.05) is 12.8 Å². The van der Waals surface area contributed by atoms with Crippen LogP contribution in [-0.2, 0) is 14.3 Å². The van der Waals surface area contributed by atoms with E-state index in [-0.39, 0.29) is 18.5 Å². The highest BCUT2D eigenvalue weighted by Gasteiger charge is 2.18. The summed E-state index contributed by atoms with van der Waals surface area (Å²) in [5.41, 5.74) is 0. The third-order valence-corrected chi connectivity index (χ3v) is 18.0. The van der Waals surface area contributed by atoms with E-state index in [4.69, 9.17) is 4.74 Å². The van der Waals surface area contributed by atoms with Gasteiger partial charge in [-0.1, -0.05) is 385 Å². The van der Waals surface area contributed by atoms with Gasteiger partial charge in [0.1, 0.15) is 0 Å². The van der Waals surface area contributed by atoms with Gasteiger partial charge in [0.15, 0.2) is 0 Å². The molecule has 0 saturated carbocycles. The molecule has 0 aromatic carbocycles. The zero-order chi connectivity index (χ0) is 59.9. The van der Waals surface area contributed by atoms with Crippen molar-refractivity contribution in [2.75, 3.05) is 13.2 Å². The summed E-state index contributed by atoms with van der Waals surface area (Å²) >= 11 is 0. The number of hydrogen-bond donors (Lipinski definition) is 3. The van der Waals surface area contributed by atoms with E-state index in [9.17, 15) is 19.8 Å². The van der Waals surface area contributed by atoms with Gasteiger partial charge in [0.2, 0.25) is 5.91 Å². The molecule has 0 radical (unpaired) electrons. The van der Waals surface area contributed by atoms with E-state index < -0.39 is 12.1 Å². The number of nitrogens with one attached hydrogen (secondary N) is 1. The number of allylic oxidation sites excluding steroid dienone is 3. The fourth-order valence-electron chi connectivity index (χ4n) is 12.2. The lowest BCUT2D eigenvalue weighted by atomic mass is 10.0. The molecule has 2 atom stereocenters. The zero-order valence-corrected chi connectivity index (χ0v) is 56.5. The van der Waals surface area contributed by atoms with E-state index in [1.807, 2.05) is 6.08 Å². The van der Waals surface area contributed by atoms with Gasteiger partial charge in [-0.2, -0.15) is 0 Å². The van der Waals surface area contributed by atoms with Crippen LogP contribution in [0.1, 0.15) is 431 Å². The van der Waals surface area contributed by atoms with Crippen LogP contribution in [0.3, 0.4) is 0 Å². The van der Waals surface area contributed by atoms with Gasteiger partial charge in [-0.05, 0) is 57.8 Å². The Bertz CT molecular complexity index is 1300. The maximum absolute atomic E-state index is 12.5. The molecule has 0 aliphatic heterocycles. The number of unbranched alkanes of at least 4 members (excludes halogenated alkanes) is 59. The molecule has 83 heavy (non-hydrogen) atoms. The van der Waals surface area contributed by atoms with Gasteiger partial charge in [0.25, 0.3) is 0 Å². The molecule has 3 N–H and O–H groups in total. The maximum atomic E-state index is 12.5. The van der Waals surface area contributed by atoms with Crippen molar-refractivity contribution in [3.63, 3.8) is 0 Å². The van der Waals surface area contributed by atoms with E-state index in [0.717, 1.165) is 38.5 Å². The number of aliphatic hydroxyl groups is 2. The van der Waals surface area contributed by atoms with Gasteiger partial charge in [0.05, 0.1) is 25.4 Å². The van der Waals surface area contributed by atoms with Crippen molar-refractivity contribution >= 4 is 11.9 Å². The van der Waals surface area contributed by atoms with E-state index >= 15 is 0 Å². The molecule has 2 unspecified atom stereocenters. The zero-order valence-electron chi connectivity index (χ0n) is 56.5. The summed E-state index contributed by atoms with van der Waals surface area (Å²) in [7, 11) is 0. The molecule has 1 amide bonds. The summed E-state index contributed by atoms with van der Waals surface area (Å²) in [6.45, 7) is 4.95. The predicted molar refractivity (Wildman–Crippen MR) is 366 cm³/mol. The summed E-state index contributed by atoms with van der Waals surface area (Å²) in [6, 6.07) is -0.629. The second-order valence-electron chi connectivity index (χ2n) is 26.3. The molecule has 0 aromatic heterocycles. The molecule has 0 aliphatic carbocycles. The highest BCUT2D eigenvalue weighted by molar-refractivity contribution is 5.76. The molecule has 0 fully saturated rings. The topological polar surface area (TPSA) is 95.9 Å². The Labute approximate surface area is 520 Å². The summed E-state index contributed by atoms with van der Waals surface area (Å²) in [6.07, 6.45) is 92.8. The van der Waals surface area contributed by atoms with Gasteiger partial charge < -0.3 is 20.3 Å². The molecule has 0 rings (SSSR count). The molecule has 492 valence electrons. The molecule has 6 nitrogen and oxygen atoms in total. The average molecular weight is 1170 g/mol. The van der Waals surface area contributed by atoms with E-state index in [0.29, 0.717) is 19.4 Å². The molecule has 0 heterocycles. The third-order valence-electron chi connectivity index (χ3n) is 18.0. The highest BCUT2D eigenvalue weighted by atomic mass is 16.5. The first-order valence-corrected chi connectivity index (χ1v) is 38.1. The van der Waals surface area contributed by atoms with Gasteiger partial charge in [-0.3, -0.25) is 9.59 Å². The summed E-state index contributed by atoms with van der Waals surface area (Å²) in [5.74, 6) is -0.0442. The van der Waals surface area contributed by atoms with Crippen LogP contribution in [0.5, 0.6) is 0 Å². The van der Waals surface area contributed by atoms with Crippen LogP contribution in [0.15, 0.2) is 24.3 Å². The van der Waals surface area contributed by atoms with Crippen molar-refractivity contribution in [3.05, 3.63) is 24.3 Å². The van der Waals surface area contributed by atoms with Crippen molar-refractivity contribution in [3.8, 4) is 0 Å². The molecule has 0 aliphatic rings. The summed E-state index contributed by atoms with van der Waals surface area (Å²) in [4.78, 5) is 24.6. The molecular weight excluding hydrogens is 1020 g/mol. The summed E-state index contributed by atoms with van der Waals surface area (Å²) in [5, 5.41) is 23.3. The molecule has 0 spiro atoms. The smallest absolute Gasteiger partial charge is 0.305 e. The molecule has 6 heteroatoms. The van der Waals surface area contributed by atoms with Crippen molar-refractivity contribution in [1.29, 1.82) is 0 Å². The largest absolute Gasteiger partial charge is 0.466 e.